The first-order chi connectivity index (χ1) is 10.4. The lowest BCUT2D eigenvalue weighted by molar-refractivity contribution is -0.302. The molecule has 0 radical (unpaired) electrons. The lowest BCUT2D eigenvalue weighted by Crippen LogP contribution is -2.59. The second-order valence-electron chi connectivity index (χ2n) is 6.27. The van der Waals surface area contributed by atoms with Gasteiger partial charge in [0.1, 0.15) is 24.4 Å². The molecule has 0 aromatic heterocycles. The van der Waals surface area contributed by atoms with E-state index in [4.69, 9.17) is 14.6 Å². The molecule has 1 aliphatic carbocycles. The molecule has 1 aliphatic heterocycles. The Morgan fingerprint density at radius 3 is 2.23 bits per heavy atom. The maximum atomic E-state index is 10.4. The summed E-state index contributed by atoms with van der Waals surface area (Å²) in [7, 11) is 0. The van der Waals surface area contributed by atoms with E-state index >= 15 is 0 Å². The second-order valence-corrected chi connectivity index (χ2v) is 6.27. The number of hydrogen-bond donors (Lipinski definition) is 6. The fraction of sp³-hybridized carbons (Fsp3) is 1.00. The fourth-order valence-corrected chi connectivity index (χ4v) is 2.96. The Labute approximate surface area is 128 Å². The molecule has 2 aliphatic rings. The molecule has 8 nitrogen and oxygen atoms in total. The van der Waals surface area contributed by atoms with Gasteiger partial charge in [0, 0.05) is 0 Å². The Morgan fingerprint density at radius 1 is 1.00 bits per heavy atom. The zero-order valence-corrected chi connectivity index (χ0v) is 12.4. The molecule has 5 atom stereocenters. The summed E-state index contributed by atoms with van der Waals surface area (Å²) in [6, 6.07) is 0. The van der Waals surface area contributed by atoms with Gasteiger partial charge in [-0.05, 0) is 32.1 Å². The van der Waals surface area contributed by atoms with Gasteiger partial charge in [-0.3, -0.25) is 0 Å². The van der Waals surface area contributed by atoms with Gasteiger partial charge in [-0.25, -0.2) is 0 Å². The monoisotopic (exact) mass is 322 g/mol. The lowest BCUT2D eigenvalue weighted by Gasteiger charge is -2.40. The maximum absolute atomic E-state index is 10.4. The first kappa shape index (κ1) is 18.0. The Kier molecular flexibility index (Phi) is 6.14. The van der Waals surface area contributed by atoms with Gasteiger partial charge in [-0.2, -0.15) is 0 Å². The molecule has 0 bridgehead atoms. The number of rotatable bonds is 5. The molecule has 0 spiro atoms. The first-order valence-electron chi connectivity index (χ1n) is 7.69. The summed E-state index contributed by atoms with van der Waals surface area (Å²) in [5.41, 5.74) is -0.909. The number of aliphatic hydroxyl groups is 6. The molecule has 6 N–H and O–H groups in total. The summed E-state index contributed by atoms with van der Waals surface area (Å²) >= 11 is 0. The highest BCUT2D eigenvalue weighted by molar-refractivity contribution is 4.89. The predicted octanol–water partition coefficient (Wildman–Crippen LogP) is -2.14. The highest BCUT2D eigenvalue weighted by atomic mass is 16.7. The van der Waals surface area contributed by atoms with Gasteiger partial charge in [-0.15, -0.1) is 0 Å². The lowest BCUT2D eigenvalue weighted by atomic mass is 9.81. The third kappa shape index (κ3) is 4.15. The van der Waals surface area contributed by atoms with Crippen molar-refractivity contribution < 1.29 is 40.1 Å². The SMILES string of the molecule is OC[C@@H]1O[C@H](OCCC2(O)CCC(O)CC2)[C@@H](O)[C@H](O)[C@H]1O. The van der Waals surface area contributed by atoms with E-state index < -0.39 is 42.9 Å². The summed E-state index contributed by atoms with van der Waals surface area (Å²) in [5, 5.41) is 58.0. The van der Waals surface area contributed by atoms with E-state index in [0.717, 1.165) is 0 Å². The third-order valence-electron chi connectivity index (χ3n) is 4.58. The van der Waals surface area contributed by atoms with Crippen molar-refractivity contribution in [3.63, 3.8) is 0 Å². The topological polar surface area (TPSA) is 140 Å². The summed E-state index contributed by atoms with van der Waals surface area (Å²) in [5.74, 6) is 0. The molecule has 0 aromatic rings. The van der Waals surface area contributed by atoms with E-state index in [1.54, 1.807) is 0 Å². The Bertz CT molecular complexity index is 342. The highest BCUT2D eigenvalue weighted by Crippen LogP contribution is 2.31. The Morgan fingerprint density at radius 2 is 1.64 bits per heavy atom. The van der Waals surface area contributed by atoms with Gasteiger partial charge in [0.05, 0.1) is 24.9 Å². The number of ether oxygens (including phenoxy) is 2. The van der Waals surface area contributed by atoms with Crippen LogP contribution in [0.25, 0.3) is 0 Å². The molecular weight excluding hydrogens is 296 g/mol. The molecule has 1 saturated heterocycles. The van der Waals surface area contributed by atoms with Crippen LogP contribution in [0.15, 0.2) is 0 Å². The average molecular weight is 322 g/mol. The minimum Gasteiger partial charge on any atom is -0.394 e. The van der Waals surface area contributed by atoms with Gasteiger partial charge >= 0.3 is 0 Å². The maximum Gasteiger partial charge on any atom is 0.186 e. The zero-order chi connectivity index (χ0) is 16.3. The van der Waals surface area contributed by atoms with Crippen LogP contribution in [0.3, 0.4) is 0 Å². The van der Waals surface area contributed by atoms with Crippen LogP contribution < -0.4 is 0 Å². The molecule has 0 unspecified atom stereocenters. The van der Waals surface area contributed by atoms with Crippen LogP contribution in [0, 0.1) is 0 Å². The Balaban J connectivity index is 1.80. The number of aliphatic hydroxyl groups excluding tert-OH is 5. The molecule has 1 heterocycles. The quantitative estimate of drug-likeness (QED) is 0.337. The molecule has 22 heavy (non-hydrogen) atoms. The van der Waals surface area contributed by atoms with Crippen LogP contribution >= 0.6 is 0 Å². The molecule has 0 aromatic carbocycles. The van der Waals surface area contributed by atoms with Crippen molar-refractivity contribution in [3.8, 4) is 0 Å². The van der Waals surface area contributed by atoms with Crippen molar-refractivity contribution in [2.45, 2.75) is 74.5 Å². The second kappa shape index (κ2) is 7.50. The van der Waals surface area contributed by atoms with Crippen molar-refractivity contribution in [3.05, 3.63) is 0 Å². The molecular formula is C14H26O8. The standard InChI is InChI=1S/C14H26O8/c15-7-9-10(17)11(18)12(19)13(22-9)21-6-5-14(20)3-1-8(16)2-4-14/h8-13,15-20H,1-7H2/t8?,9-,10-,11+,12-,13-,14?/m0/s1. The van der Waals surface area contributed by atoms with Gasteiger partial charge in [-0.1, -0.05) is 0 Å². The van der Waals surface area contributed by atoms with E-state index in [0.29, 0.717) is 32.1 Å². The van der Waals surface area contributed by atoms with Crippen molar-refractivity contribution in [2.24, 2.45) is 0 Å². The predicted molar refractivity (Wildman–Crippen MR) is 73.8 cm³/mol. The minimum absolute atomic E-state index is 0.0925. The summed E-state index contributed by atoms with van der Waals surface area (Å²) in [6.07, 6.45) is -4.51. The summed E-state index contributed by atoms with van der Waals surface area (Å²) in [4.78, 5) is 0. The van der Waals surface area contributed by atoms with E-state index in [1.807, 2.05) is 0 Å². The van der Waals surface area contributed by atoms with Crippen LogP contribution in [0.5, 0.6) is 0 Å². The average Bonchev–Trinajstić information content (AvgIpc) is 2.50. The first-order valence-corrected chi connectivity index (χ1v) is 7.69. The van der Waals surface area contributed by atoms with Gasteiger partial charge in [0.15, 0.2) is 6.29 Å². The van der Waals surface area contributed by atoms with Crippen LogP contribution in [0.2, 0.25) is 0 Å². The fourth-order valence-electron chi connectivity index (χ4n) is 2.96. The molecule has 2 rings (SSSR count). The Hall–Kier alpha value is -0.320. The molecule has 8 heteroatoms. The van der Waals surface area contributed by atoms with E-state index in [-0.39, 0.29) is 12.7 Å². The van der Waals surface area contributed by atoms with Gasteiger partial charge in [0.2, 0.25) is 0 Å². The van der Waals surface area contributed by atoms with Crippen molar-refractivity contribution in [2.75, 3.05) is 13.2 Å². The van der Waals surface area contributed by atoms with Crippen LogP contribution in [-0.2, 0) is 9.47 Å². The molecule has 0 amide bonds. The van der Waals surface area contributed by atoms with Gasteiger partial charge in [0.25, 0.3) is 0 Å². The largest absolute Gasteiger partial charge is 0.394 e. The van der Waals surface area contributed by atoms with Crippen molar-refractivity contribution in [1.82, 2.24) is 0 Å². The highest BCUT2D eigenvalue weighted by Gasteiger charge is 2.44. The van der Waals surface area contributed by atoms with E-state index in [9.17, 15) is 25.5 Å². The van der Waals surface area contributed by atoms with E-state index in [2.05, 4.69) is 0 Å². The minimum atomic E-state index is -1.47. The summed E-state index contributed by atoms with van der Waals surface area (Å²) < 4.78 is 10.6. The van der Waals surface area contributed by atoms with Crippen LogP contribution in [0.1, 0.15) is 32.1 Å². The molecule has 2 fully saturated rings. The van der Waals surface area contributed by atoms with Crippen molar-refractivity contribution >= 4 is 0 Å². The normalized spacial score (nSPS) is 46.6. The molecule has 1 saturated carbocycles. The molecule has 130 valence electrons. The van der Waals surface area contributed by atoms with Gasteiger partial charge < -0.3 is 40.1 Å². The number of hydrogen-bond acceptors (Lipinski definition) is 8. The van der Waals surface area contributed by atoms with Crippen LogP contribution in [0.4, 0.5) is 0 Å². The third-order valence-corrected chi connectivity index (χ3v) is 4.58. The smallest absolute Gasteiger partial charge is 0.186 e. The van der Waals surface area contributed by atoms with Crippen molar-refractivity contribution in [1.29, 1.82) is 0 Å². The zero-order valence-electron chi connectivity index (χ0n) is 12.4. The van der Waals surface area contributed by atoms with Crippen LogP contribution in [-0.4, -0.2) is 86.3 Å². The van der Waals surface area contributed by atoms with E-state index in [1.165, 1.54) is 0 Å². The summed E-state index contributed by atoms with van der Waals surface area (Å²) in [6.45, 7) is -0.415.